The van der Waals surface area contributed by atoms with Gasteiger partial charge in [0, 0.05) is 6.04 Å². The van der Waals surface area contributed by atoms with Crippen molar-refractivity contribution in [2.75, 3.05) is 13.1 Å². The number of carbonyl (C=O) groups is 2. The Labute approximate surface area is 121 Å². The molecule has 0 fully saturated rings. The van der Waals surface area contributed by atoms with Gasteiger partial charge >= 0.3 is 5.97 Å². The lowest BCUT2D eigenvalue weighted by molar-refractivity contribution is -0.139. The largest absolute Gasteiger partial charge is 0.480 e. The molecule has 5 heteroatoms. The topological polar surface area (TPSA) is 69.6 Å². The Bertz CT molecular complexity index is 370. The van der Waals surface area contributed by atoms with Crippen LogP contribution in [-0.4, -0.2) is 46.6 Å². The number of hydrogen-bond donors (Lipinski definition) is 2. The number of hydrogen-bond acceptors (Lipinski definition) is 3. The fourth-order valence-electron chi connectivity index (χ4n) is 1.96. The number of nitrogens with zero attached hydrogens (tertiary/aromatic N) is 1. The molecule has 20 heavy (non-hydrogen) atoms. The highest BCUT2D eigenvalue weighted by molar-refractivity contribution is 5.80. The van der Waals surface area contributed by atoms with Crippen LogP contribution < -0.4 is 5.32 Å². The van der Waals surface area contributed by atoms with Crippen LogP contribution in [0.15, 0.2) is 0 Å². The van der Waals surface area contributed by atoms with Crippen LogP contribution >= 0.6 is 0 Å². The Hall–Kier alpha value is -1.54. The standard InChI is InChI=1S/C15H26N2O3/c1-6-12(5)17(11-14(19)20)10-13(18)16-15(7-2,8-3)9-4/h2,12H,6,8-11H2,1,3-5H3,(H,16,18)(H,19,20). The zero-order valence-electron chi connectivity index (χ0n) is 12.9. The van der Waals surface area contributed by atoms with E-state index in [4.69, 9.17) is 11.5 Å². The number of carbonyl (C=O) groups excluding carboxylic acids is 1. The van der Waals surface area contributed by atoms with E-state index in [9.17, 15) is 9.59 Å². The van der Waals surface area contributed by atoms with E-state index < -0.39 is 11.5 Å². The third kappa shape index (κ3) is 5.62. The van der Waals surface area contributed by atoms with E-state index in [1.807, 2.05) is 27.7 Å². The number of carboxylic acid groups (broad SMARTS) is 1. The fraction of sp³-hybridized carbons (Fsp3) is 0.733. The monoisotopic (exact) mass is 282 g/mol. The maximum absolute atomic E-state index is 12.1. The molecule has 1 unspecified atom stereocenters. The maximum Gasteiger partial charge on any atom is 0.317 e. The van der Waals surface area contributed by atoms with Crippen molar-refractivity contribution in [2.45, 2.75) is 58.5 Å². The number of terminal acetylenes is 1. The van der Waals surface area contributed by atoms with Crippen molar-refractivity contribution in [3.05, 3.63) is 0 Å². The van der Waals surface area contributed by atoms with E-state index in [1.54, 1.807) is 4.90 Å². The molecule has 2 N–H and O–H groups in total. The second-order valence-corrected chi connectivity index (χ2v) is 5.04. The molecule has 0 aliphatic rings. The van der Waals surface area contributed by atoms with Gasteiger partial charge in [0.1, 0.15) is 5.54 Å². The summed E-state index contributed by atoms with van der Waals surface area (Å²) in [6.45, 7) is 7.61. The predicted octanol–water partition coefficient (Wildman–Crippen LogP) is 1.48. The van der Waals surface area contributed by atoms with Crippen molar-refractivity contribution in [1.82, 2.24) is 10.2 Å². The number of rotatable bonds is 9. The molecular formula is C15H26N2O3. The summed E-state index contributed by atoms with van der Waals surface area (Å²) < 4.78 is 0. The van der Waals surface area contributed by atoms with E-state index in [0.29, 0.717) is 12.8 Å². The number of amides is 1. The molecule has 0 spiro atoms. The highest BCUT2D eigenvalue weighted by Gasteiger charge is 2.27. The molecule has 5 nitrogen and oxygen atoms in total. The third-order valence-electron chi connectivity index (χ3n) is 3.76. The predicted molar refractivity (Wildman–Crippen MR) is 79.3 cm³/mol. The molecule has 0 rings (SSSR count). The highest BCUT2D eigenvalue weighted by Crippen LogP contribution is 2.13. The molecule has 0 aliphatic heterocycles. The Balaban J connectivity index is 4.76. The summed E-state index contributed by atoms with van der Waals surface area (Å²) in [7, 11) is 0. The lowest BCUT2D eigenvalue weighted by atomic mass is 9.94. The summed E-state index contributed by atoms with van der Waals surface area (Å²) >= 11 is 0. The Kier molecular flexibility index (Phi) is 7.93. The van der Waals surface area contributed by atoms with Gasteiger partial charge in [-0.3, -0.25) is 14.5 Å². The van der Waals surface area contributed by atoms with Gasteiger partial charge in [0.2, 0.25) is 5.91 Å². The number of aliphatic carboxylic acids is 1. The summed E-state index contributed by atoms with van der Waals surface area (Å²) in [4.78, 5) is 24.6. The van der Waals surface area contributed by atoms with Gasteiger partial charge in [0.05, 0.1) is 13.1 Å². The van der Waals surface area contributed by atoms with Crippen molar-refractivity contribution < 1.29 is 14.7 Å². The summed E-state index contributed by atoms with van der Waals surface area (Å²) in [5.74, 6) is 1.47. The first kappa shape index (κ1) is 18.5. The molecule has 1 amide bonds. The quantitative estimate of drug-likeness (QED) is 0.629. The molecule has 0 aliphatic carbocycles. The smallest absolute Gasteiger partial charge is 0.317 e. The maximum atomic E-state index is 12.1. The zero-order valence-corrected chi connectivity index (χ0v) is 12.9. The van der Waals surface area contributed by atoms with E-state index in [-0.39, 0.29) is 25.0 Å². The zero-order chi connectivity index (χ0) is 15.8. The van der Waals surface area contributed by atoms with Gasteiger partial charge in [0.25, 0.3) is 0 Å². The Morgan fingerprint density at radius 1 is 1.30 bits per heavy atom. The second-order valence-electron chi connectivity index (χ2n) is 5.04. The molecule has 0 heterocycles. The van der Waals surface area contributed by atoms with Crippen LogP contribution in [0.1, 0.15) is 47.0 Å². The van der Waals surface area contributed by atoms with Gasteiger partial charge in [-0.15, -0.1) is 6.42 Å². The summed E-state index contributed by atoms with van der Waals surface area (Å²) in [6.07, 6.45) is 7.58. The van der Waals surface area contributed by atoms with Gasteiger partial charge in [-0.05, 0) is 26.2 Å². The third-order valence-corrected chi connectivity index (χ3v) is 3.76. The molecule has 0 aromatic heterocycles. The lowest BCUT2D eigenvalue weighted by Gasteiger charge is -2.30. The van der Waals surface area contributed by atoms with Crippen LogP contribution in [0.4, 0.5) is 0 Å². The number of carboxylic acids is 1. The summed E-state index contributed by atoms with van der Waals surface area (Å²) in [5.41, 5.74) is -0.637. The Morgan fingerprint density at radius 3 is 2.20 bits per heavy atom. The van der Waals surface area contributed by atoms with Gasteiger partial charge in [-0.2, -0.15) is 0 Å². The minimum absolute atomic E-state index is 0.0281. The van der Waals surface area contributed by atoms with Crippen LogP contribution in [0.5, 0.6) is 0 Å². The van der Waals surface area contributed by atoms with E-state index in [2.05, 4.69) is 11.2 Å². The van der Waals surface area contributed by atoms with E-state index >= 15 is 0 Å². The molecular weight excluding hydrogens is 256 g/mol. The van der Waals surface area contributed by atoms with Gasteiger partial charge < -0.3 is 10.4 Å². The van der Waals surface area contributed by atoms with Crippen LogP contribution in [-0.2, 0) is 9.59 Å². The van der Waals surface area contributed by atoms with Gasteiger partial charge in [0.15, 0.2) is 0 Å². The summed E-state index contributed by atoms with van der Waals surface area (Å²) in [6, 6.07) is 0.0281. The second kappa shape index (κ2) is 8.60. The SMILES string of the molecule is C#CC(CC)(CC)NC(=O)CN(CC(=O)O)C(C)CC. The molecule has 0 bridgehead atoms. The summed E-state index contributed by atoms with van der Waals surface area (Å²) in [5, 5.41) is 11.8. The first-order valence-electron chi connectivity index (χ1n) is 7.08. The average molecular weight is 282 g/mol. The van der Waals surface area contributed by atoms with Gasteiger partial charge in [-0.1, -0.05) is 26.7 Å². The van der Waals surface area contributed by atoms with Crippen molar-refractivity contribution >= 4 is 11.9 Å². The van der Waals surface area contributed by atoms with Crippen molar-refractivity contribution in [3.8, 4) is 12.3 Å². The molecule has 0 saturated carbocycles. The first-order chi connectivity index (χ1) is 9.33. The number of nitrogens with one attached hydrogen (secondary N) is 1. The minimum Gasteiger partial charge on any atom is -0.480 e. The Morgan fingerprint density at radius 2 is 1.85 bits per heavy atom. The molecule has 0 aromatic rings. The first-order valence-corrected chi connectivity index (χ1v) is 7.08. The van der Waals surface area contributed by atoms with Crippen LogP contribution in [0.2, 0.25) is 0 Å². The van der Waals surface area contributed by atoms with E-state index in [1.165, 1.54) is 0 Å². The normalized spacial score (nSPS) is 12.8. The van der Waals surface area contributed by atoms with Crippen molar-refractivity contribution in [3.63, 3.8) is 0 Å². The van der Waals surface area contributed by atoms with Crippen LogP contribution in [0.3, 0.4) is 0 Å². The fourth-order valence-corrected chi connectivity index (χ4v) is 1.96. The lowest BCUT2D eigenvalue weighted by Crippen LogP contribution is -2.51. The highest BCUT2D eigenvalue weighted by atomic mass is 16.4. The van der Waals surface area contributed by atoms with Crippen LogP contribution in [0, 0.1) is 12.3 Å². The van der Waals surface area contributed by atoms with Crippen LogP contribution in [0.25, 0.3) is 0 Å². The van der Waals surface area contributed by atoms with Gasteiger partial charge in [-0.25, -0.2) is 0 Å². The molecule has 0 aromatic carbocycles. The molecule has 0 radical (unpaired) electrons. The minimum atomic E-state index is -0.938. The van der Waals surface area contributed by atoms with Crippen molar-refractivity contribution in [2.24, 2.45) is 0 Å². The van der Waals surface area contributed by atoms with Crippen molar-refractivity contribution in [1.29, 1.82) is 0 Å². The molecule has 114 valence electrons. The van der Waals surface area contributed by atoms with E-state index in [0.717, 1.165) is 6.42 Å². The average Bonchev–Trinajstić information content (AvgIpc) is 2.42. The molecule has 0 saturated heterocycles. The molecule has 1 atom stereocenters.